The fraction of sp³-hybridized carbons (Fsp3) is 0.167. The second-order valence-electron chi connectivity index (χ2n) is 3.66. The molecule has 4 nitrogen and oxygen atoms in total. The molecule has 2 aromatic rings. The number of carbonyl (C=O) groups is 2. The zero-order chi connectivity index (χ0) is 11.7. The fourth-order valence-electron chi connectivity index (χ4n) is 1.70. The lowest BCUT2D eigenvalue weighted by atomic mass is 10.2. The summed E-state index contributed by atoms with van der Waals surface area (Å²) in [5.74, 6) is -0.132. The predicted octanol–water partition coefficient (Wildman–Crippen LogP) is 2.26. The smallest absolute Gasteiger partial charge is 0.227 e. The van der Waals surface area contributed by atoms with E-state index in [1.54, 1.807) is 16.8 Å². The summed E-state index contributed by atoms with van der Waals surface area (Å²) in [7, 11) is 0. The van der Waals surface area contributed by atoms with Gasteiger partial charge < -0.3 is 5.32 Å². The van der Waals surface area contributed by atoms with Gasteiger partial charge in [-0.05, 0) is 24.3 Å². The number of hydrogen-bond donors (Lipinski definition) is 1. The maximum atomic E-state index is 11.3. The van der Waals surface area contributed by atoms with Gasteiger partial charge in [0.1, 0.15) is 0 Å². The number of amides is 1. The standard InChI is InChI=1S/C12H12N2O2/c1-8(15)13-11-3-4-12-10(7-11)5-6-14(12)9(2)16/h3-7H,1-2H3,(H,13,15). The summed E-state index contributed by atoms with van der Waals surface area (Å²) in [6, 6.07) is 7.30. The Labute approximate surface area is 92.9 Å². The second kappa shape index (κ2) is 3.81. The molecular weight excluding hydrogens is 204 g/mol. The average molecular weight is 216 g/mol. The first-order valence-corrected chi connectivity index (χ1v) is 4.97. The van der Waals surface area contributed by atoms with E-state index in [1.165, 1.54) is 13.8 Å². The van der Waals surface area contributed by atoms with E-state index in [2.05, 4.69) is 5.32 Å². The number of benzene rings is 1. The number of anilines is 1. The van der Waals surface area contributed by atoms with Crippen LogP contribution in [0.2, 0.25) is 0 Å². The lowest BCUT2D eigenvalue weighted by molar-refractivity contribution is -0.114. The highest BCUT2D eigenvalue weighted by Crippen LogP contribution is 2.20. The number of nitrogens with zero attached hydrogens (tertiary/aromatic N) is 1. The fourth-order valence-corrected chi connectivity index (χ4v) is 1.70. The third-order valence-corrected chi connectivity index (χ3v) is 2.35. The third kappa shape index (κ3) is 1.82. The number of carbonyl (C=O) groups excluding carboxylic acids is 2. The van der Waals surface area contributed by atoms with Gasteiger partial charge in [0.05, 0.1) is 5.52 Å². The van der Waals surface area contributed by atoms with Crippen molar-refractivity contribution in [1.82, 2.24) is 4.57 Å². The Morgan fingerprint density at radius 3 is 2.56 bits per heavy atom. The first-order valence-electron chi connectivity index (χ1n) is 4.97. The van der Waals surface area contributed by atoms with E-state index in [4.69, 9.17) is 0 Å². The van der Waals surface area contributed by atoms with Crippen LogP contribution in [0.15, 0.2) is 30.5 Å². The largest absolute Gasteiger partial charge is 0.326 e. The molecule has 1 N–H and O–H groups in total. The van der Waals surface area contributed by atoms with E-state index in [0.717, 1.165) is 16.6 Å². The summed E-state index contributed by atoms with van der Waals surface area (Å²) < 4.78 is 1.58. The Hall–Kier alpha value is -2.10. The Bertz CT molecular complexity index is 569. The van der Waals surface area contributed by atoms with Gasteiger partial charge in [-0.1, -0.05) is 0 Å². The highest BCUT2D eigenvalue weighted by Gasteiger charge is 2.05. The molecule has 0 fully saturated rings. The molecule has 0 atom stereocenters. The van der Waals surface area contributed by atoms with Gasteiger partial charge in [0.25, 0.3) is 0 Å². The summed E-state index contributed by atoms with van der Waals surface area (Å²) in [4.78, 5) is 22.2. The third-order valence-electron chi connectivity index (χ3n) is 2.35. The van der Waals surface area contributed by atoms with E-state index in [0.29, 0.717) is 0 Å². The lowest BCUT2D eigenvalue weighted by Crippen LogP contribution is -2.06. The summed E-state index contributed by atoms with van der Waals surface area (Å²) in [6.45, 7) is 2.98. The van der Waals surface area contributed by atoms with Crippen LogP contribution < -0.4 is 5.32 Å². The molecule has 0 spiro atoms. The molecule has 4 heteroatoms. The van der Waals surface area contributed by atoms with Gasteiger partial charge >= 0.3 is 0 Å². The highest BCUT2D eigenvalue weighted by molar-refractivity contribution is 5.95. The van der Waals surface area contributed by atoms with Crippen molar-refractivity contribution in [3.8, 4) is 0 Å². The summed E-state index contributed by atoms with van der Waals surface area (Å²) in [5.41, 5.74) is 1.59. The molecule has 1 amide bonds. The van der Waals surface area contributed by atoms with Crippen LogP contribution in [-0.4, -0.2) is 16.4 Å². The van der Waals surface area contributed by atoms with Crippen molar-refractivity contribution in [1.29, 1.82) is 0 Å². The highest BCUT2D eigenvalue weighted by atomic mass is 16.2. The van der Waals surface area contributed by atoms with E-state index in [-0.39, 0.29) is 11.8 Å². The lowest BCUT2D eigenvalue weighted by Gasteiger charge is -2.03. The van der Waals surface area contributed by atoms with E-state index in [1.807, 2.05) is 18.2 Å². The Kier molecular flexibility index (Phi) is 2.48. The minimum atomic E-state index is -0.106. The molecule has 0 radical (unpaired) electrons. The minimum absolute atomic E-state index is 0.0257. The monoisotopic (exact) mass is 216 g/mol. The van der Waals surface area contributed by atoms with Crippen molar-refractivity contribution < 1.29 is 9.59 Å². The molecule has 1 aromatic heterocycles. The minimum Gasteiger partial charge on any atom is -0.326 e. The van der Waals surface area contributed by atoms with Crippen molar-refractivity contribution in [2.75, 3.05) is 5.32 Å². The Morgan fingerprint density at radius 2 is 1.94 bits per heavy atom. The molecule has 1 aromatic carbocycles. The van der Waals surface area contributed by atoms with Crippen molar-refractivity contribution in [2.24, 2.45) is 0 Å². The SMILES string of the molecule is CC(=O)Nc1ccc2c(ccn2C(C)=O)c1. The van der Waals surface area contributed by atoms with Crippen molar-refractivity contribution in [2.45, 2.75) is 13.8 Å². The molecule has 0 saturated heterocycles. The van der Waals surface area contributed by atoms with E-state index >= 15 is 0 Å². The van der Waals surface area contributed by atoms with Gasteiger partial charge in [0.15, 0.2) is 0 Å². The van der Waals surface area contributed by atoms with Crippen molar-refractivity contribution >= 4 is 28.4 Å². The molecule has 16 heavy (non-hydrogen) atoms. The zero-order valence-electron chi connectivity index (χ0n) is 9.15. The first-order chi connectivity index (χ1) is 7.58. The molecule has 0 bridgehead atoms. The van der Waals surface area contributed by atoms with E-state index < -0.39 is 0 Å². The van der Waals surface area contributed by atoms with Gasteiger partial charge in [-0.2, -0.15) is 0 Å². The number of fused-ring (bicyclic) bond motifs is 1. The maximum Gasteiger partial charge on any atom is 0.227 e. The van der Waals surface area contributed by atoms with Crippen LogP contribution in [0.4, 0.5) is 5.69 Å². The zero-order valence-corrected chi connectivity index (χ0v) is 9.15. The van der Waals surface area contributed by atoms with Crippen LogP contribution in [0.3, 0.4) is 0 Å². The molecule has 0 unspecified atom stereocenters. The summed E-state index contributed by atoms with van der Waals surface area (Å²) >= 11 is 0. The van der Waals surface area contributed by atoms with Crippen LogP contribution >= 0.6 is 0 Å². The predicted molar refractivity (Wildman–Crippen MR) is 62.5 cm³/mol. The van der Waals surface area contributed by atoms with Gasteiger partial charge in [0, 0.05) is 31.1 Å². The van der Waals surface area contributed by atoms with Gasteiger partial charge in [0.2, 0.25) is 11.8 Å². The number of aromatic nitrogens is 1. The number of hydrogen-bond acceptors (Lipinski definition) is 2. The molecule has 0 aliphatic carbocycles. The molecule has 2 rings (SSSR count). The molecule has 0 saturated carbocycles. The summed E-state index contributed by atoms with van der Waals surface area (Å²) in [5, 5.41) is 3.63. The van der Waals surface area contributed by atoms with Crippen LogP contribution in [-0.2, 0) is 4.79 Å². The quantitative estimate of drug-likeness (QED) is 0.794. The maximum absolute atomic E-state index is 11.3. The first kappa shape index (κ1) is 10.4. The van der Waals surface area contributed by atoms with Crippen LogP contribution in [0.25, 0.3) is 10.9 Å². The van der Waals surface area contributed by atoms with Gasteiger partial charge in [-0.25, -0.2) is 0 Å². The molecule has 0 aliphatic heterocycles. The van der Waals surface area contributed by atoms with Crippen LogP contribution in [0, 0.1) is 0 Å². The molecule has 0 aliphatic rings. The number of nitrogens with one attached hydrogen (secondary N) is 1. The van der Waals surface area contributed by atoms with Crippen molar-refractivity contribution in [3.63, 3.8) is 0 Å². The van der Waals surface area contributed by atoms with E-state index in [9.17, 15) is 9.59 Å². The number of rotatable bonds is 1. The van der Waals surface area contributed by atoms with Crippen LogP contribution in [0.5, 0.6) is 0 Å². The normalized spacial score (nSPS) is 10.4. The van der Waals surface area contributed by atoms with Gasteiger partial charge in [-0.3, -0.25) is 14.2 Å². The van der Waals surface area contributed by atoms with Gasteiger partial charge in [-0.15, -0.1) is 0 Å². The topological polar surface area (TPSA) is 51.1 Å². The van der Waals surface area contributed by atoms with Crippen LogP contribution in [0.1, 0.15) is 18.6 Å². The molecular formula is C12H12N2O2. The second-order valence-corrected chi connectivity index (χ2v) is 3.66. The molecule has 1 heterocycles. The molecule has 82 valence electrons. The van der Waals surface area contributed by atoms with Crippen molar-refractivity contribution in [3.05, 3.63) is 30.5 Å². The Balaban J connectivity index is 2.49. The average Bonchev–Trinajstić information content (AvgIpc) is 2.59. The summed E-state index contributed by atoms with van der Waals surface area (Å²) in [6.07, 6.45) is 1.73. The Morgan fingerprint density at radius 1 is 1.19 bits per heavy atom.